The van der Waals surface area contributed by atoms with E-state index in [1.807, 2.05) is 0 Å². The zero-order chi connectivity index (χ0) is 10.4. The predicted molar refractivity (Wildman–Crippen MR) is 67.0 cm³/mol. The van der Waals surface area contributed by atoms with Gasteiger partial charge >= 0.3 is 0 Å². The monoisotopic (exact) mass is 215 g/mol. The summed E-state index contributed by atoms with van der Waals surface area (Å²) in [6.07, 6.45) is 5.54. The summed E-state index contributed by atoms with van der Waals surface area (Å²) < 4.78 is 0. The Hall–Kier alpha value is 0.310. The van der Waals surface area contributed by atoms with Crippen molar-refractivity contribution in [1.29, 1.82) is 0 Å². The van der Waals surface area contributed by atoms with Crippen LogP contribution in [0, 0.1) is 5.92 Å². The van der Waals surface area contributed by atoms with E-state index in [2.05, 4.69) is 37.8 Å². The summed E-state index contributed by atoms with van der Waals surface area (Å²) in [6, 6.07) is 0.791. The number of rotatable bonds is 6. The fraction of sp³-hybridized carbons (Fsp3) is 1.00. The highest BCUT2D eigenvalue weighted by Crippen LogP contribution is 2.35. The highest BCUT2D eigenvalue weighted by molar-refractivity contribution is 7.99. The van der Waals surface area contributed by atoms with Gasteiger partial charge in [-0.3, -0.25) is 0 Å². The van der Waals surface area contributed by atoms with Crippen LogP contribution in [0.3, 0.4) is 0 Å². The van der Waals surface area contributed by atoms with Crippen LogP contribution in [-0.4, -0.2) is 23.6 Å². The fourth-order valence-electron chi connectivity index (χ4n) is 2.29. The van der Waals surface area contributed by atoms with Crippen molar-refractivity contribution in [3.8, 4) is 0 Å². The summed E-state index contributed by atoms with van der Waals surface area (Å²) in [6.45, 7) is 8.04. The fourth-order valence-corrected chi connectivity index (χ4v) is 3.85. The van der Waals surface area contributed by atoms with Crippen LogP contribution < -0.4 is 5.32 Å². The molecule has 2 heteroatoms. The molecule has 1 aliphatic rings. The Balaban J connectivity index is 2.21. The molecule has 0 amide bonds. The van der Waals surface area contributed by atoms with Gasteiger partial charge in [0.1, 0.15) is 0 Å². The largest absolute Gasteiger partial charge is 0.314 e. The summed E-state index contributed by atoms with van der Waals surface area (Å²) >= 11 is 2.21. The molecule has 0 aromatic rings. The second-order valence-corrected chi connectivity index (χ2v) is 5.71. The summed E-state index contributed by atoms with van der Waals surface area (Å²) in [5.74, 6) is 2.24. The maximum absolute atomic E-state index is 3.60. The van der Waals surface area contributed by atoms with E-state index in [9.17, 15) is 0 Å². The third-order valence-corrected chi connectivity index (χ3v) is 4.90. The number of nitrogens with one attached hydrogen (secondary N) is 1. The molecule has 1 saturated carbocycles. The quantitative estimate of drug-likeness (QED) is 0.682. The second kappa shape index (κ2) is 6.73. The molecular weight excluding hydrogens is 190 g/mol. The smallest absolute Gasteiger partial charge is 0.0103 e. The first-order valence-electron chi connectivity index (χ1n) is 6.14. The van der Waals surface area contributed by atoms with Gasteiger partial charge in [0.15, 0.2) is 0 Å². The Morgan fingerprint density at radius 3 is 2.71 bits per heavy atom. The van der Waals surface area contributed by atoms with E-state index < -0.39 is 0 Å². The van der Waals surface area contributed by atoms with E-state index in [0.717, 1.165) is 23.8 Å². The second-order valence-electron chi connectivity index (χ2n) is 4.36. The summed E-state index contributed by atoms with van der Waals surface area (Å²) in [5, 5.41) is 4.52. The molecule has 3 unspecified atom stereocenters. The van der Waals surface area contributed by atoms with Gasteiger partial charge in [0.05, 0.1) is 0 Å². The van der Waals surface area contributed by atoms with Crippen molar-refractivity contribution in [2.45, 2.75) is 57.7 Å². The van der Waals surface area contributed by atoms with Gasteiger partial charge in [0.2, 0.25) is 0 Å². The van der Waals surface area contributed by atoms with Gasteiger partial charge in [-0.05, 0) is 37.5 Å². The Morgan fingerprint density at radius 1 is 1.29 bits per heavy atom. The molecule has 0 bridgehead atoms. The van der Waals surface area contributed by atoms with Crippen molar-refractivity contribution >= 4 is 11.8 Å². The minimum Gasteiger partial charge on any atom is -0.314 e. The lowest BCUT2D eigenvalue weighted by Gasteiger charge is -2.20. The maximum atomic E-state index is 3.60. The van der Waals surface area contributed by atoms with Gasteiger partial charge < -0.3 is 5.32 Å². The van der Waals surface area contributed by atoms with Gasteiger partial charge in [-0.25, -0.2) is 0 Å². The van der Waals surface area contributed by atoms with Gasteiger partial charge in [0, 0.05) is 11.3 Å². The molecule has 3 atom stereocenters. The van der Waals surface area contributed by atoms with Crippen LogP contribution in [0.4, 0.5) is 0 Å². The van der Waals surface area contributed by atoms with E-state index in [0.29, 0.717) is 0 Å². The van der Waals surface area contributed by atoms with Crippen molar-refractivity contribution in [3.05, 3.63) is 0 Å². The highest BCUT2D eigenvalue weighted by Gasteiger charge is 2.31. The molecule has 0 aromatic carbocycles. The van der Waals surface area contributed by atoms with Crippen molar-refractivity contribution in [3.63, 3.8) is 0 Å². The Kier molecular flexibility index (Phi) is 5.95. The van der Waals surface area contributed by atoms with Crippen LogP contribution in [0.15, 0.2) is 0 Å². The highest BCUT2D eigenvalue weighted by atomic mass is 32.2. The van der Waals surface area contributed by atoms with Gasteiger partial charge in [-0.2, -0.15) is 11.8 Å². The van der Waals surface area contributed by atoms with E-state index in [4.69, 9.17) is 0 Å². The average Bonchev–Trinajstić information content (AvgIpc) is 2.51. The summed E-state index contributed by atoms with van der Waals surface area (Å²) in [7, 11) is 0. The lowest BCUT2D eigenvalue weighted by molar-refractivity contribution is 0.441. The molecule has 1 fully saturated rings. The van der Waals surface area contributed by atoms with E-state index in [1.165, 1.54) is 31.4 Å². The Bertz CT molecular complexity index is 149. The topological polar surface area (TPSA) is 12.0 Å². The molecule has 0 radical (unpaired) electrons. The van der Waals surface area contributed by atoms with Crippen molar-refractivity contribution in [1.82, 2.24) is 5.32 Å². The van der Waals surface area contributed by atoms with E-state index in [-0.39, 0.29) is 0 Å². The van der Waals surface area contributed by atoms with E-state index >= 15 is 0 Å². The number of unbranched alkanes of at least 4 members (excludes halogenated alkanes) is 1. The third-order valence-electron chi connectivity index (χ3n) is 3.28. The van der Waals surface area contributed by atoms with Crippen molar-refractivity contribution in [2.75, 3.05) is 12.3 Å². The van der Waals surface area contributed by atoms with Crippen LogP contribution in [0.2, 0.25) is 0 Å². The molecule has 14 heavy (non-hydrogen) atoms. The standard InChI is InChI=1S/C12H25NS/c1-4-6-9-14-12-8-7-11(10(12)3)13-5-2/h10-13H,4-9H2,1-3H3. The number of thioether (sulfide) groups is 1. The predicted octanol–water partition coefficient (Wildman–Crippen LogP) is 3.30. The molecule has 1 N–H and O–H groups in total. The molecule has 84 valence electrons. The van der Waals surface area contributed by atoms with Crippen LogP contribution in [0.1, 0.15) is 46.5 Å². The number of hydrogen-bond donors (Lipinski definition) is 1. The summed E-state index contributed by atoms with van der Waals surface area (Å²) in [4.78, 5) is 0. The first-order valence-corrected chi connectivity index (χ1v) is 7.19. The maximum Gasteiger partial charge on any atom is 0.0103 e. The number of hydrogen-bond acceptors (Lipinski definition) is 2. The Labute approximate surface area is 93.4 Å². The molecule has 0 aliphatic heterocycles. The van der Waals surface area contributed by atoms with Crippen molar-refractivity contribution in [2.24, 2.45) is 5.92 Å². The van der Waals surface area contributed by atoms with Crippen LogP contribution in [0.5, 0.6) is 0 Å². The zero-order valence-corrected chi connectivity index (χ0v) is 10.7. The van der Waals surface area contributed by atoms with Gasteiger partial charge in [-0.1, -0.05) is 27.2 Å². The molecule has 0 spiro atoms. The molecule has 1 nitrogen and oxygen atoms in total. The average molecular weight is 215 g/mol. The first-order chi connectivity index (χ1) is 6.79. The zero-order valence-electron chi connectivity index (χ0n) is 9.88. The summed E-state index contributed by atoms with van der Waals surface area (Å²) in [5.41, 5.74) is 0. The molecule has 0 saturated heterocycles. The van der Waals surface area contributed by atoms with Gasteiger partial charge in [0.25, 0.3) is 0 Å². The first kappa shape index (κ1) is 12.4. The minimum absolute atomic E-state index is 0.791. The van der Waals surface area contributed by atoms with Gasteiger partial charge in [-0.15, -0.1) is 0 Å². The van der Waals surface area contributed by atoms with Crippen LogP contribution >= 0.6 is 11.8 Å². The van der Waals surface area contributed by atoms with Crippen molar-refractivity contribution < 1.29 is 0 Å². The molecule has 1 rings (SSSR count). The molecular formula is C12H25NS. The van der Waals surface area contributed by atoms with E-state index in [1.54, 1.807) is 0 Å². The molecule has 1 aliphatic carbocycles. The molecule has 0 heterocycles. The Morgan fingerprint density at radius 2 is 2.07 bits per heavy atom. The van der Waals surface area contributed by atoms with Crippen LogP contribution in [0.25, 0.3) is 0 Å². The lowest BCUT2D eigenvalue weighted by atomic mass is 10.1. The SMILES string of the molecule is CCCCSC1CCC(NCC)C1C. The minimum atomic E-state index is 0.791. The normalized spacial score (nSPS) is 32.4. The molecule has 0 aromatic heterocycles. The van der Waals surface area contributed by atoms with Crippen LogP contribution in [-0.2, 0) is 0 Å². The third kappa shape index (κ3) is 3.47. The lowest BCUT2D eigenvalue weighted by Crippen LogP contribution is -2.33.